The number of ether oxygens (including phenoxy) is 1. The Morgan fingerprint density at radius 1 is 1.24 bits per heavy atom. The fourth-order valence-electron chi connectivity index (χ4n) is 2.83. The average molecular weight is 412 g/mol. The van der Waals surface area contributed by atoms with Crippen LogP contribution < -0.4 is 10.6 Å². The molecule has 2 aromatic heterocycles. The van der Waals surface area contributed by atoms with E-state index in [0.29, 0.717) is 18.1 Å². The number of carbonyl (C=O) groups is 1. The number of nitrogens with one attached hydrogen (secondary N) is 2. The van der Waals surface area contributed by atoms with Gasteiger partial charge < -0.3 is 15.4 Å². The number of morpholine rings is 1. The van der Waals surface area contributed by atoms with Crippen LogP contribution in [0.15, 0.2) is 48.9 Å². The molecule has 0 spiro atoms. The molecule has 1 aliphatic heterocycles. The number of nitrogens with zero attached hydrogens (tertiary/aromatic N) is 5. The smallest absolute Gasteiger partial charge is 0.276 e. The van der Waals surface area contributed by atoms with Crippen molar-refractivity contribution in [3.63, 3.8) is 0 Å². The molecule has 1 aromatic carbocycles. The third kappa shape index (κ3) is 4.75. The van der Waals surface area contributed by atoms with E-state index in [4.69, 9.17) is 10.00 Å². The van der Waals surface area contributed by atoms with E-state index in [2.05, 4.69) is 25.7 Å². The molecule has 148 valence electrons. The first-order valence-electron chi connectivity index (χ1n) is 8.75. The van der Waals surface area contributed by atoms with Crippen LogP contribution in [0, 0.1) is 11.3 Å². The molecular formula is C19H18ClN7O2. The fraction of sp³-hybridized carbons (Fsp3) is 0.211. The van der Waals surface area contributed by atoms with E-state index in [1.54, 1.807) is 12.3 Å². The quantitative estimate of drug-likeness (QED) is 0.672. The van der Waals surface area contributed by atoms with Crippen LogP contribution in [0.3, 0.4) is 0 Å². The molecule has 1 saturated heterocycles. The number of aromatic nitrogens is 4. The minimum atomic E-state index is -0.330. The number of halogens is 1. The molecule has 10 heteroatoms. The van der Waals surface area contributed by atoms with Gasteiger partial charge in [-0.2, -0.15) is 10.4 Å². The Kier molecular flexibility index (Phi) is 6.51. The van der Waals surface area contributed by atoms with Crippen LogP contribution in [0.5, 0.6) is 0 Å². The molecule has 1 aliphatic rings. The SMILES string of the molecule is Cl.N#Cc1cnc(-n2ccc(C(=O)Nc3ccc([C@H]4CNCCO4)cc3)n2)cn1. The number of anilines is 1. The monoisotopic (exact) mass is 411 g/mol. The summed E-state index contributed by atoms with van der Waals surface area (Å²) in [5.41, 5.74) is 2.20. The number of rotatable bonds is 4. The molecule has 9 nitrogen and oxygen atoms in total. The second-order valence-electron chi connectivity index (χ2n) is 6.16. The van der Waals surface area contributed by atoms with Gasteiger partial charge in [-0.15, -0.1) is 12.4 Å². The number of hydrogen-bond acceptors (Lipinski definition) is 7. The van der Waals surface area contributed by atoms with Crippen molar-refractivity contribution in [3.05, 3.63) is 65.9 Å². The van der Waals surface area contributed by atoms with Crippen LogP contribution in [-0.2, 0) is 4.74 Å². The third-order valence-electron chi connectivity index (χ3n) is 4.28. The van der Waals surface area contributed by atoms with E-state index in [9.17, 15) is 4.79 Å². The van der Waals surface area contributed by atoms with Crippen LogP contribution in [0.1, 0.15) is 27.8 Å². The lowest BCUT2D eigenvalue weighted by molar-refractivity contribution is 0.0277. The molecule has 29 heavy (non-hydrogen) atoms. The first-order valence-corrected chi connectivity index (χ1v) is 8.75. The van der Waals surface area contributed by atoms with Crippen molar-refractivity contribution >= 4 is 24.0 Å². The number of hydrogen-bond donors (Lipinski definition) is 2. The van der Waals surface area contributed by atoms with Crippen molar-refractivity contribution < 1.29 is 9.53 Å². The molecule has 3 aromatic rings. The molecule has 4 rings (SSSR count). The molecule has 0 unspecified atom stereocenters. The van der Waals surface area contributed by atoms with Crippen LogP contribution in [-0.4, -0.2) is 45.4 Å². The van der Waals surface area contributed by atoms with Gasteiger partial charge in [-0.25, -0.2) is 14.6 Å². The fourth-order valence-corrected chi connectivity index (χ4v) is 2.83. The van der Waals surface area contributed by atoms with Gasteiger partial charge in [-0.3, -0.25) is 4.79 Å². The predicted molar refractivity (Wildman–Crippen MR) is 107 cm³/mol. The molecule has 1 atom stereocenters. The maximum atomic E-state index is 12.4. The molecule has 0 radical (unpaired) electrons. The summed E-state index contributed by atoms with van der Waals surface area (Å²) in [4.78, 5) is 20.5. The zero-order chi connectivity index (χ0) is 19.3. The largest absolute Gasteiger partial charge is 0.371 e. The molecule has 0 bridgehead atoms. The zero-order valence-electron chi connectivity index (χ0n) is 15.3. The number of benzene rings is 1. The van der Waals surface area contributed by atoms with E-state index < -0.39 is 0 Å². The Balaban J connectivity index is 0.00000240. The van der Waals surface area contributed by atoms with E-state index >= 15 is 0 Å². The molecule has 0 aliphatic carbocycles. The van der Waals surface area contributed by atoms with E-state index in [1.807, 2.05) is 30.3 Å². The van der Waals surface area contributed by atoms with Crippen LogP contribution in [0.2, 0.25) is 0 Å². The summed E-state index contributed by atoms with van der Waals surface area (Å²) in [6.07, 6.45) is 4.42. The highest BCUT2D eigenvalue weighted by Crippen LogP contribution is 2.21. The highest BCUT2D eigenvalue weighted by Gasteiger charge is 2.16. The minimum absolute atomic E-state index is 0. The van der Waals surface area contributed by atoms with Crippen LogP contribution in [0.4, 0.5) is 5.69 Å². The third-order valence-corrected chi connectivity index (χ3v) is 4.28. The van der Waals surface area contributed by atoms with Gasteiger partial charge >= 0.3 is 0 Å². The van der Waals surface area contributed by atoms with Gasteiger partial charge in [0.05, 0.1) is 25.1 Å². The second-order valence-corrected chi connectivity index (χ2v) is 6.16. The van der Waals surface area contributed by atoms with Gasteiger partial charge in [0.25, 0.3) is 5.91 Å². The lowest BCUT2D eigenvalue weighted by Gasteiger charge is -2.24. The summed E-state index contributed by atoms with van der Waals surface area (Å²) in [7, 11) is 0. The molecular weight excluding hydrogens is 394 g/mol. The van der Waals surface area contributed by atoms with Gasteiger partial charge in [0.15, 0.2) is 17.2 Å². The number of carbonyl (C=O) groups excluding carboxylic acids is 1. The molecule has 1 fully saturated rings. The Labute approximate surface area is 173 Å². The molecule has 0 saturated carbocycles. The van der Waals surface area contributed by atoms with Crippen molar-refractivity contribution in [2.24, 2.45) is 0 Å². The average Bonchev–Trinajstić information content (AvgIpc) is 3.25. The van der Waals surface area contributed by atoms with Gasteiger partial charge in [0.2, 0.25) is 0 Å². The van der Waals surface area contributed by atoms with E-state index in [-0.39, 0.29) is 35.8 Å². The van der Waals surface area contributed by atoms with Crippen LogP contribution >= 0.6 is 12.4 Å². The lowest BCUT2D eigenvalue weighted by atomic mass is 10.1. The topological polar surface area (TPSA) is 118 Å². The Bertz CT molecular complexity index is 1010. The first kappa shape index (κ1) is 20.4. The standard InChI is InChI=1S/C19H17N7O2.ClH/c20-9-15-10-23-18(12-22-15)26-7-5-16(25-26)19(27)24-14-3-1-13(2-4-14)17-11-21-6-8-28-17;/h1-5,7,10,12,17,21H,6,8,11H2,(H,24,27);1H/t17-;/m1./s1. The lowest BCUT2D eigenvalue weighted by Crippen LogP contribution is -2.33. The summed E-state index contributed by atoms with van der Waals surface area (Å²) >= 11 is 0. The number of nitriles is 1. The predicted octanol–water partition coefficient (Wildman–Crippen LogP) is 1.87. The van der Waals surface area contributed by atoms with Gasteiger partial charge in [0.1, 0.15) is 6.07 Å². The number of amides is 1. The van der Waals surface area contributed by atoms with Gasteiger partial charge in [0, 0.05) is 25.0 Å². The van der Waals surface area contributed by atoms with Crippen molar-refractivity contribution in [1.82, 2.24) is 25.1 Å². The van der Waals surface area contributed by atoms with Crippen LogP contribution in [0.25, 0.3) is 5.82 Å². The highest BCUT2D eigenvalue weighted by molar-refractivity contribution is 6.02. The Morgan fingerprint density at radius 2 is 2.07 bits per heavy atom. The molecule has 3 heterocycles. The molecule has 2 N–H and O–H groups in total. The van der Waals surface area contributed by atoms with Gasteiger partial charge in [-0.1, -0.05) is 12.1 Å². The second kappa shape index (κ2) is 9.25. The zero-order valence-corrected chi connectivity index (χ0v) is 16.1. The van der Waals surface area contributed by atoms with Gasteiger partial charge in [-0.05, 0) is 23.8 Å². The molecule has 1 amide bonds. The Hall–Kier alpha value is -3.32. The first-order chi connectivity index (χ1) is 13.7. The summed E-state index contributed by atoms with van der Waals surface area (Å²) in [5, 5.41) is 19.1. The van der Waals surface area contributed by atoms with E-state index in [0.717, 1.165) is 18.7 Å². The Morgan fingerprint density at radius 3 is 2.72 bits per heavy atom. The summed E-state index contributed by atoms with van der Waals surface area (Å²) in [5.74, 6) is 0.0900. The summed E-state index contributed by atoms with van der Waals surface area (Å²) < 4.78 is 7.15. The maximum absolute atomic E-state index is 12.4. The van der Waals surface area contributed by atoms with Crippen molar-refractivity contribution in [3.8, 4) is 11.9 Å². The summed E-state index contributed by atoms with van der Waals surface area (Å²) in [6, 6.07) is 11.1. The normalized spacial score (nSPS) is 15.8. The maximum Gasteiger partial charge on any atom is 0.276 e. The highest BCUT2D eigenvalue weighted by atomic mass is 35.5. The van der Waals surface area contributed by atoms with Crippen molar-refractivity contribution in [2.75, 3.05) is 25.0 Å². The summed E-state index contributed by atoms with van der Waals surface area (Å²) in [6.45, 7) is 2.34. The van der Waals surface area contributed by atoms with Crippen molar-refractivity contribution in [2.45, 2.75) is 6.10 Å². The van der Waals surface area contributed by atoms with Crippen molar-refractivity contribution in [1.29, 1.82) is 5.26 Å². The minimum Gasteiger partial charge on any atom is -0.371 e. The van der Waals surface area contributed by atoms with E-state index in [1.165, 1.54) is 17.1 Å².